The lowest BCUT2D eigenvalue weighted by molar-refractivity contribution is 0.0939. The van der Waals surface area contributed by atoms with Crippen molar-refractivity contribution in [2.24, 2.45) is 5.73 Å². The number of nitrogens with two attached hydrogens (primary N) is 1. The molecule has 2 N–H and O–H groups in total. The summed E-state index contributed by atoms with van der Waals surface area (Å²) in [6.45, 7) is 3.62. The number of thioether (sulfide) groups is 1. The predicted molar refractivity (Wildman–Crippen MR) is 77.6 cm³/mol. The van der Waals surface area contributed by atoms with Crippen molar-refractivity contribution in [3.05, 3.63) is 0 Å². The highest BCUT2D eigenvalue weighted by Gasteiger charge is 2.29. The molecular formula is C14H28N2S. The van der Waals surface area contributed by atoms with Crippen molar-refractivity contribution in [2.75, 3.05) is 18.1 Å². The van der Waals surface area contributed by atoms with Gasteiger partial charge in [0.05, 0.1) is 0 Å². The maximum absolute atomic E-state index is 6.03. The van der Waals surface area contributed by atoms with Crippen LogP contribution in [0.5, 0.6) is 0 Å². The molecular weight excluding hydrogens is 228 g/mol. The molecule has 1 saturated carbocycles. The highest BCUT2D eigenvalue weighted by molar-refractivity contribution is 7.99. The van der Waals surface area contributed by atoms with E-state index in [9.17, 15) is 0 Å². The zero-order chi connectivity index (χ0) is 12.1. The van der Waals surface area contributed by atoms with Gasteiger partial charge in [0.25, 0.3) is 0 Å². The van der Waals surface area contributed by atoms with Gasteiger partial charge in [0.1, 0.15) is 0 Å². The lowest BCUT2D eigenvalue weighted by Crippen LogP contribution is -2.48. The Kier molecular flexibility index (Phi) is 5.64. The molecule has 3 heteroatoms. The fourth-order valence-electron chi connectivity index (χ4n) is 3.37. The minimum absolute atomic E-state index is 0.483. The lowest BCUT2D eigenvalue weighted by atomic mass is 9.89. The molecule has 1 saturated heterocycles. The normalized spacial score (nSPS) is 31.9. The van der Waals surface area contributed by atoms with Crippen molar-refractivity contribution < 1.29 is 0 Å². The van der Waals surface area contributed by atoms with Crippen LogP contribution in [0.2, 0.25) is 0 Å². The minimum Gasteiger partial charge on any atom is -0.328 e. The van der Waals surface area contributed by atoms with Gasteiger partial charge >= 0.3 is 0 Å². The predicted octanol–water partition coefficient (Wildman–Crippen LogP) is 2.86. The molecule has 100 valence electrons. The van der Waals surface area contributed by atoms with E-state index in [2.05, 4.69) is 23.6 Å². The first kappa shape index (κ1) is 13.7. The number of rotatable bonds is 4. The second kappa shape index (κ2) is 7.01. The molecule has 1 heterocycles. The highest BCUT2D eigenvalue weighted by atomic mass is 32.2. The van der Waals surface area contributed by atoms with Crippen LogP contribution < -0.4 is 5.73 Å². The SMILES string of the molecule is CCCN(C1CCSCC1)C1CCC(N)CC1. The van der Waals surface area contributed by atoms with E-state index in [0.717, 1.165) is 12.1 Å². The van der Waals surface area contributed by atoms with Crippen molar-refractivity contribution in [3.63, 3.8) is 0 Å². The van der Waals surface area contributed by atoms with Crippen LogP contribution in [0.1, 0.15) is 51.9 Å². The van der Waals surface area contributed by atoms with Gasteiger partial charge in [-0.2, -0.15) is 11.8 Å². The molecule has 0 bridgehead atoms. The van der Waals surface area contributed by atoms with Gasteiger partial charge < -0.3 is 5.73 Å². The largest absolute Gasteiger partial charge is 0.328 e. The van der Waals surface area contributed by atoms with Crippen LogP contribution in [0.3, 0.4) is 0 Å². The quantitative estimate of drug-likeness (QED) is 0.838. The maximum atomic E-state index is 6.03. The Labute approximate surface area is 111 Å². The van der Waals surface area contributed by atoms with Gasteiger partial charge in [0, 0.05) is 18.1 Å². The fraction of sp³-hybridized carbons (Fsp3) is 1.00. The summed E-state index contributed by atoms with van der Waals surface area (Å²) in [5, 5.41) is 0. The van der Waals surface area contributed by atoms with Gasteiger partial charge in [-0.05, 0) is 63.0 Å². The van der Waals surface area contributed by atoms with Crippen molar-refractivity contribution >= 4 is 11.8 Å². The summed E-state index contributed by atoms with van der Waals surface area (Å²) in [5.74, 6) is 2.74. The topological polar surface area (TPSA) is 29.3 Å². The molecule has 0 radical (unpaired) electrons. The summed E-state index contributed by atoms with van der Waals surface area (Å²) in [4.78, 5) is 2.84. The van der Waals surface area contributed by atoms with E-state index in [1.165, 1.54) is 63.0 Å². The first-order valence-electron chi connectivity index (χ1n) is 7.40. The number of hydrogen-bond donors (Lipinski definition) is 1. The number of hydrogen-bond acceptors (Lipinski definition) is 3. The highest BCUT2D eigenvalue weighted by Crippen LogP contribution is 2.29. The van der Waals surface area contributed by atoms with Crippen molar-refractivity contribution in [2.45, 2.75) is 70.0 Å². The molecule has 2 fully saturated rings. The summed E-state index contributed by atoms with van der Waals surface area (Å²) in [6.07, 6.45) is 9.28. The third kappa shape index (κ3) is 3.87. The Bertz CT molecular complexity index is 208. The molecule has 0 unspecified atom stereocenters. The van der Waals surface area contributed by atoms with E-state index >= 15 is 0 Å². The second-order valence-corrected chi connectivity index (χ2v) is 6.87. The van der Waals surface area contributed by atoms with Crippen molar-refractivity contribution in [3.8, 4) is 0 Å². The van der Waals surface area contributed by atoms with Crippen LogP contribution in [-0.4, -0.2) is 41.1 Å². The van der Waals surface area contributed by atoms with Gasteiger partial charge in [0.15, 0.2) is 0 Å². The maximum Gasteiger partial charge on any atom is 0.0114 e. The molecule has 0 aromatic rings. The molecule has 2 rings (SSSR count). The monoisotopic (exact) mass is 256 g/mol. The van der Waals surface area contributed by atoms with Crippen LogP contribution in [0.25, 0.3) is 0 Å². The van der Waals surface area contributed by atoms with Crippen LogP contribution in [0.4, 0.5) is 0 Å². The molecule has 2 aliphatic rings. The fourth-order valence-corrected chi connectivity index (χ4v) is 4.45. The second-order valence-electron chi connectivity index (χ2n) is 5.65. The summed E-state index contributed by atoms with van der Waals surface area (Å²) in [6, 6.07) is 2.19. The first-order valence-corrected chi connectivity index (χ1v) is 8.55. The average Bonchev–Trinajstić information content (AvgIpc) is 2.38. The smallest absolute Gasteiger partial charge is 0.0114 e. The summed E-state index contributed by atoms with van der Waals surface area (Å²) < 4.78 is 0. The van der Waals surface area contributed by atoms with Gasteiger partial charge in [-0.3, -0.25) is 4.90 Å². The van der Waals surface area contributed by atoms with Gasteiger partial charge in [-0.15, -0.1) is 0 Å². The summed E-state index contributed by atoms with van der Waals surface area (Å²) in [5.41, 5.74) is 6.03. The van der Waals surface area contributed by atoms with E-state index < -0.39 is 0 Å². The molecule has 1 aliphatic carbocycles. The Balaban J connectivity index is 1.90. The molecule has 17 heavy (non-hydrogen) atoms. The molecule has 2 nitrogen and oxygen atoms in total. The van der Waals surface area contributed by atoms with Gasteiger partial charge in [-0.1, -0.05) is 6.92 Å². The van der Waals surface area contributed by atoms with E-state index in [-0.39, 0.29) is 0 Å². The third-order valence-corrected chi connectivity index (χ3v) is 5.40. The average molecular weight is 256 g/mol. The van der Waals surface area contributed by atoms with Crippen molar-refractivity contribution in [1.29, 1.82) is 0 Å². The van der Waals surface area contributed by atoms with Crippen LogP contribution in [0.15, 0.2) is 0 Å². The zero-order valence-electron chi connectivity index (χ0n) is 11.2. The van der Waals surface area contributed by atoms with Crippen LogP contribution in [0, 0.1) is 0 Å². The van der Waals surface area contributed by atoms with Gasteiger partial charge in [0.2, 0.25) is 0 Å². The standard InChI is InChI=1S/C14H28N2S/c1-2-9-16(14-7-10-17-11-8-14)13-5-3-12(15)4-6-13/h12-14H,2-11,15H2,1H3. The Morgan fingerprint density at radius 3 is 2.18 bits per heavy atom. The number of nitrogens with zero attached hydrogens (tertiary/aromatic N) is 1. The van der Waals surface area contributed by atoms with E-state index in [1.807, 2.05) is 0 Å². The zero-order valence-corrected chi connectivity index (χ0v) is 12.1. The van der Waals surface area contributed by atoms with Crippen LogP contribution >= 0.6 is 11.8 Å². The van der Waals surface area contributed by atoms with Crippen molar-refractivity contribution in [1.82, 2.24) is 4.90 Å². The molecule has 0 amide bonds. The molecule has 0 aromatic heterocycles. The Morgan fingerprint density at radius 1 is 1.00 bits per heavy atom. The Morgan fingerprint density at radius 2 is 1.59 bits per heavy atom. The Hall–Kier alpha value is 0.270. The first-order chi connectivity index (χ1) is 8.31. The summed E-state index contributed by atoms with van der Waals surface area (Å²) >= 11 is 2.13. The lowest BCUT2D eigenvalue weighted by Gasteiger charge is -2.42. The van der Waals surface area contributed by atoms with E-state index in [4.69, 9.17) is 5.73 Å². The molecule has 0 atom stereocenters. The molecule has 0 spiro atoms. The third-order valence-electron chi connectivity index (χ3n) is 4.35. The van der Waals surface area contributed by atoms with E-state index in [0.29, 0.717) is 6.04 Å². The molecule has 1 aliphatic heterocycles. The van der Waals surface area contributed by atoms with Gasteiger partial charge in [-0.25, -0.2) is 0 Å². The summed E-state index contributed by atoms with van der Waals surface area (Å²) in [7, 11) is 0. The van der Waals surface area contributed by atoms with Crippen LogP contribution in [-0.2, 0) is 0 Å². The minimum atomic E-state index is 0.483. The van der Waals surface area contributed by atoms with E-state index in [1.54, 1.807) is 0 Å². The molecule has 0 aromatic carbocycles.